The van der Waals surface area contributed by atoms with Crippen LogP contribution < -0.4 is 5.32 Å². The maximum atomic E-state index is 14.7. The molecule has 14 heteroatoms. The van der Waals surface area contributed by atoms with Crippen molar-refractivity contribution in [2.45, 2.75) is 51.4 Å². The molecule has 0 aliphatic carbocycles. The Morgan fingerprint density at radius 1 is 1.26 bits per heavy atom. The second kappa shape index (κ2) is 12.2. The van der Waals surface area contributed by atoms with Crippen LogP contribution in [0.3, 0.4) is 0 Å². The van der Waals surface area contributed by atoms with Crippen molar-refractivity contribution in [3.8, 4) is 0 Å². The van der Waals surface area contributed by atoms with Gasteiger partial charge in [-0.25, -0.2) is 19.0 Å². The van der Waals surface area contributed by atoms with Gasteiger partial charge in [-0.2, -0.15) is 0 Å². The zero-order valence-corrected chi connectivity index (χ0v) is 26.2. The number of piperazine rings is 1. The minimum absolute atomic E-state index is 0.0792. The number of hydrogen-bond acceptors (Lipinski definition) is 10. The molecule has 3 aliphatic rings. The summed E-state index contributed by atoms with van der Waals surface area (Å²) in [6.07, 6.45) is 1.63. The van der Waals surface area contributed by atoms with Crippen molar-refractivity contribution in [3.63, 3.8) is 0 Å². The number of fused-ring (bicyclic) bond motifs is 1. The van der Waals surface area contributed by atoms with Gasteiger partial charge in [0.15, 0.2) is 10.8 Å². The van der Waals surface area contributed by atoms with E-state index >= 15 is 0 Å². The average Bonchev–Trinajstić information content (AvgIpc) is 3.62. The molecule has 43 heavy (non-hydrogen) atoms. The van der Waals surface area contributed by atoms with E-state index < -0.39 is 41.4 Å². The van der Waals surface area contributed by atoms with Crippen LogP contribution in [-0.2, 0) is 19.1 Å². The Hall–Kier alpha value is -3.55. The van der Waals surface area contributed by atoms with Crippen molar-refractivity contribution in [2.24, 2.45) is 4.99 Å². The number of thiazole rings is 1. The first kappa shape index (κ1) is 30.9. The van der Waals surface area contributed by atoms with Gasteiger partial charge >= 0.3 is 18.0 Å². The highest BCUT2D eigenvalue weighted by Gasteiger charge is 2.52. The molecule has 0 spiro atoms. The molecule has 2 saturated heterocycles. The van der Waals surface area contributed by atoms with Crippen LogP contribution in [0.4, 0.5) is 9.18 Å². The molecule has 230 valence electrons. The molecular formula is C29H34ClFN6O5S. The molecule has 3 atom stereocenters. The third-order valence-electron chi connectivity index (χ3n) is 7.78. The lowest BCUT2D eigenvalue weighted by Crippen LogP contribution is -2.62. The van der Waals surface area contributed by atoms with E-state index in [-0.39, 0.29) is 35.3 Å². The van der Waals surface area contributed by atoms with Crippen molar-refractivity contribution in [1.29, 1.82) is 0 Å². The molecule has 5 rings (SSSR count). The predicted molar refractivity (Wildman–Crippen MR) is 159 cm³/mol. The number of carbonyl (C=O) groups is 3. The molecule has 0 saturated carbocycles. The van der Waals surface area contributed by atoms with Gasteiger partial charge in [-0.05, 0) is 33.8 Å². The fraction of sp³-hybridized carbons (Fsp3) is 0.483. The molecular weight excluding hydrogens is 599 g/mol. The highest BCUT2D eigenvalue weighted by Crippen LogP contribution is 2.38. The Morgan fingerprint density at radius 2 is 2.02 bits per heavy atom. The molecule has 2 fully saturated rings. The number of hydrogen-bond donors (Lipinski definition) is 1. The van der Waals surface area contributed by atoms with Crippen molar-refractivity contribution < 1.29 is 28.2 Å². The summed E-state index contributed by atoms with van der Waals surface area (Å²) in [5, 5.41) is 5.44. The lowest BCUT2D eigenvalue weighted by atomic mass is 9.94. The third kappa shape index (κ3) is 5.85. The molecule has 1 N–H and O–H groups in total. The molecule has 0 bridgehead atoms. The Bertz CT molecular complexity index is 1480. The van der Waals surface area contributed by atoms with Crippen molar-refractivity contribution >= 4 is 46.7 Å². The fourth-order valence-electron chi connectivity index (χ4n) is 5.75. The molecule has 1 aromatic carbocycles. The van der Waals surface area contributed by atoms with Crippen LogP contribution >= 0.6 is 22.9 Å². The van der Waals surface area contributed by atoms with Crippen LogP contribution in [0.25, 0.3) is 0 Å². The van der Waals surface area contributed by atoms with E-state index in [4.69, 9.17) is 26.1 Å². The summed E-state index contributed by atoms with van der Waals surface area (Å²) < 4.78 is 25.3. The van der Waals surface area contributed by atoms with Crippen LogP contribution in [0.15, 0.2) is 46.0 Å². The largest absolute Gasteiger partial charge is 0.468 e. The van der Waals surface area contributed by atoms with Gasteiger partial charge in [0.1, 0.15) is 17.9 Å². The summed E-state index contributed by atoms with van der Waals surface area (Å²) in [5.74, 6) is -1.43. The number of amidine groups is 1. The Balaban J connectivity index is 1.60. The van der Waals surface area contributed by atoms with Gasteiger partial charge < -0.3 is 24.6 Å². The van der Waals surface area contributed by atoms with E-state index in [0.29, 0.717) is 36.2 Å². The van der Waals surface area contributed by atoms with Crippen molar-refractivity contribution in [3.05, 3.63) is 62.5 Å². The molecule has 3 aliphatic heterocycles. The van der Waals surface area contributed by atoms with Crippen molar-refractivity contribution in [1.82, 2.24) is 25.0 Å². The van der Waals surface area contributed by atoms with Gasteiger partial charge in [0, 0.05) is 54.6 Å². The van der Waals surface area contributed by atoms with Crippen LogP contribution in [0.5, 0.6) is 0 Å². The SMILES string of the molecule is CCOC(=O)C1=C(CN2CCN3C(=O)N(C(C)(C)C)C[C@@H]3[C@H]2C(=O)OC)NC(c2nccs2)=N[C@H]1c1cccc(F)c1Cl. The summed E-state index contributed by atoms with van der Waals surface area (Å²) in [6, 6.07) is 1.92. The lowest BCUT2D eigenvalue weighted by Gasteiger charge is -2.43. The summed E-state index contributed by atoms with van der Waals surface area (Å²) in [6.45, 7) is 8.76. The number of nitrogens with zero attached hydrogens (tertiary/aromatic N) is 5. The summed E-state index contributed by atoms with van der Waals surface area (Å²) in [4.78, 5) is 54.7. The minimum Gasteiger partial charge on any atom is -0.468 e. The number of urea groups is 1. The average molecular weight is 633 g/mol. The van der Waals surface area contributed by atoms with E-state index in [9.17, 15) is 18.8 Å². The molecule has 11 nitrogen and oxygen atoms in total. The van der Waals surface area contributed by atoms with E-state index in [2.05, 4.69) is 10.3 Å². The number of halogens is 2. The summed E-state index contributed by atoms with van der Waals surface area (Å²) >= 11 is 7.77. The number of nitrogens with one attached hydrogen (secondary N) is 1. The monoisotopic (exact) mass is 632 g/mol. The molecule has 0 unspecified atom stereocenters. The quantitative estimate of drug-likeness (QED) is 0.461. The second-order valence-electron chi connectivity index (χ2n) is 11.4. The minimum atomic E-state index is -1.01. The Kier molecular flexibility index (Phi) is 8.77. The van der Waals surface area contributed by atoms with Crippen LogP contribution in [-0.4, -0.2) is 101 Å². The lowest BCUT2D eigenvalue weighted by molar-refractivity contribution is -0.150. The molecule has 0 radical (unpaired) electrons. The van der Waals surface area contributed by atoms with Crippen molar-refractivity contribution in [2.75, 3.05) is 39.9 Å². The molecule has 2 aromatic rings. The number of methoxy groups -OCH3 is 1. The number of carbonyl (C=O) groups excluding carboxylic acids is 3. The second-order valence-corrected chi connectivity index (χ2v) is 12.6. The van der Waals surface area contributed by atoms with Crippen LogP contribution in [0.1, 0.15) is 44.3 Å². The first-order valence-electron chi connectivity index (χ1n) is 13.9. The van der Waals surface area contributed by atoms with E-state index in [0.717, 1.165) is 0 Å². The van der Waals surface area contributed by atoms with Gasteiger partial charge in [-0.1, -0.05) is 23.7 Å². The van der Waals surface area contributed by atoms with Gasteiger partial charge in [0.25, 0.3) is 0 Å². The highest BCUT2D eigenvalue weighted by atomic mass is 35.5. The number of ether oxygens (including phenoxy) is 2. The first-order valence-corrected chi connectivity index (χ1v) is 15.2. The smallest absolute Gasteiger partial charge is 0.338 e. The number of rotatable bonds is 7. The predicted octanol–water partition coefficient (Wildman–Crippen LogP) is 3.61. The number of amides is 2. The normalized spacial score (nSPS) is 22.7. The first-order chi connectivity index (χ1) is 20.5. The van der Waals surface area contributed by atoms with Crippen LogP contribution in [0, 0.1) is 5.82 Å². The van der Waals surface area contributed by atoms with Gasteiger partial charge in [-0.15, -0.1) is 11.3 Å². The Labute approximate surface area is 258 Å². The molecule has 1 aromatic heterocycles. The third-order valence-corrected chi connectivity index (χ3v) is 8.96. The van der Waals surface area contributed by atoms with Crippen LogP contribution in [0.2, 0.25) is 5.02 Å². The van der Waals surface area contributed by atoms with E-state index in [1.807, 2.05) is 25.7 Å². The highest BCUT2D eigenvalue weighted by molar-refractivity contribution is 7.11. The summed E-state index contributed by atoms with van der Waals surface area (Å²) in [7, 11) is 1.31. The number of benzene rings is 1. The maximum absolute atomic E-state index is 14.7. The molecule has 4 heterocycles. The number of aliphatic imine (C=N–C) groups is 1. The summed E-state index contributed by atoms with van der Waals surface area (Å²) in [5.41, 5.74) is 0.387. The number of aromatic nitrogens is 1. The van der Waals surface area contributed by atoms with E-state index in [1.54, 1.807) is 34.4 Å². The maximum Gasteiger partial charge on any atom is 0.338 e. The van der Waals surface area contributed by atoms with Gasteiger partial charge in [0.2, 0.25) is 0 Å². The molecule has 2 amide bonds. The standard InChI is InChI=1S/C29H34ClFN6O5S/c1-6-42-26(38)20-18(33-24(25-32-10-13-43-25)34-22(20)16-8-7-9-17(31)21(16)30)14-35-11-12-36-19(23(35)27(39)41-5)15-37(28(36)40)29(2,3)4/h7-10,13,19,22-23H,6,11-12,14-15H2,1-5H3,(H,33,34)/t19-,22+,23+/m1/s1. The topological polar surface area (TPSA) is 117 Å². The fourth-order valence-corrected chi connectivity index (χ4v) is 6.57. The zero-order valence-electron chi connectivity index (χ0n) is 24.6. The zero-order chi connectivity index (χ0) is 31.1. The number of esters is 2. The Morgan fingerprint density at radius 3 is 2.67 bits per heavy atom. The van der Waals surface area contributed by atoms with Gasteiger partial charge in [-0.3, -0.25) is 14.7 Å². The van der Waals surface area contributed by atoms with E-state index in [1.165, 1.54) is 30.6 Å². The van der Waals surface area contributed by atoms with Gasteiger partial charge in [0.05, 0.1) is 30.4 Å².